The normalized spacial score (nSPS) is 17.8. The van der Waals surface area contributed by atoms with Crippen molar-refractivity contribution < 1.29 is 9.90 Å². The van der Waals surface area contributed by atoms with Crippen molar-refractivity contribution in [1.82, 2.24) is 5.32 Å². The second-order valence-corrected chi connectivity index (χ2v) is 5.20. The van der Waals surface area contributed by atoms with E-state index >= 15 is 0 Å². The van der Waals surface area contributed by atoms with E-state index in [-0.39, 0.29) is 11.9 Å². The summed E-state index contributed by atoms with van der Waals surface area (Å²) in [5.74, 6) is -0.0878. The van der Waals surface area contributed by atoms with Gasteiger partial charge in [-0.15, -0.1) is 0 Å². The third-order valence-electron chi connectivity index (χ3n) is 3.42. The summed E-state index contributed by atoms with van der Waals surface area (Å²) < 4.78 is 0. The van der Waals surface area contributed by atoms with Crippen LogP contribution >= 0.6 is 0 Å². The van der Waals surface area contributed by atoms with Crippen molar-refractivity contribution in [2.24, 2.45) is 0 Å². The Kier molecular flexibility index (Phi) is 4.56. The molecular formula is C15H22N2O2. The molecule has 0 spiro atoms. The monoisotopic (exact) mass is 262 g/mol. The molecule has 1 amide bonds. The Labute approximate surface area is 114 Å². The average molecular weight is 262 g/mol. The number of anilines is 1. The summed E-state index contributed by atoms with van der Waals surface area (Å²) in [6.07, 6.45) is 2.82. The van der Waals surface area contributed by atoms with Crippen LogP contribution in [0.1, 0.15) is 44.8 Å². The lowest BCUT2D eigenvalue weighted by Gasteiger charge is -2.23. The van der Waals surface area contributed by atoms with Gasteiger partial charge in [-0.1, -0.05) is 19.1 Å². The molecule has 0 aliphatic heterocycles. The van der Waals surface area contributed by atoms with Crippen molar-refractivity contribution in [2.75, 3.05) is 5.32 Å². The number of aliphatic hydroxyl groups excluding tert-OH is 1. The maximum absolute atomic E-state index is 10.9. The largest absolute Gasteiger partial charge is 0.387 e. The van der Waals surface area contributed by atoms with E-state index in [4.69, 9.17) is 0 Å². The highest BCUT2D eigenvalue weighted by Crippen LogP contribution is 2.26. The minimum absolute atomic E-state index is 0.0878. The maximum atomic E-state index is 10.9. The molecule has 0 saturated heterocycles. The van der Waals surface area contributed by atoms with E-state index < -0.39 is 6.10 Å². The lowest BCUT2D eigenvalue weighted by Crippen LogP contribution is -2.35. The SMILES string of the molecule is CCC(NC1CC1)C(O)c1ccc(NC(C)=O)cc1. The standard InChI is InChI=1S/C15H22N2O2/c1-3-14(17-13-8-9-13)15(19)11-4-6-12(7-5-11)16-10(2)18/h4-7,13-15,17,19H,3,8-9H2,1-2H3,(H,16,18). The molecule has 0 aromatic heterocycles. The molecule has 4 nitrogen and oxygen atoms in total. The van der Waals surface area contributed by atoms with Crippen LogP contribution in [0.4, 0.5) is 5.69 Å². The average Bonchev–Trinajstić information content (AvgIpc) is 3.19. The van der Waals surface area contributed by atoms with E-state index in [1.807, 2.05) is 24.3 Å². The summed E-state index contributed by atoms with van der Waals surface area (Å²) in [5, 5.41) is 16.6. The Bertz CT molecular complexity index is 426. The van der Waals surface area contributed by atoms with Gasteiger partial charge < -0.3 is 15.7 Å². The van der Waals surface area contributed by atoms with Gasteiger partial charge in [0.05, 0.1) is 6.10 Å². The van der Waals surface area contributed by atoms with E-state index in [1.54, 1.807) is 0 Å². The van der Waals surface area contributed by atoms with Crippen LogP contribution in [-0.4, -0.2) is 23.1 Å². The molecule has 1 fully saturated rings. The molecule has 1 aromatic rings. The Hall–Kier alpha value is -1.39. The Morgan fingerprint density at radius 1 is 1.37 bits per heavy atom. The van der Waals surface area contributed by atoms with Gasteiger partial charge in [0, 0.05) is 24.7 Å². The molecule has 19 heavy (non-hydrogen) atoms. The molecule has 2 atom stereocenters. The van der Waals surface area contributed by atoms with Crippen molar-refractivity contribution in [1.29, 1.82) is 0 Å². The van der Waals surface area contributed by atoms with Crippen LogP contribution in [0, 0.1) is 0 Å². The third-order valence-corrected chi connectivity index (χ3v) is 3.42. The molecule has 2 unspecified atom stereocenters. The van der Waals surface area contributed by atoms with Crippen LogP contribution in [0.25, 0.3) is 0 Å². The number of amides is 1. The van der Waals surface area contributed by atoms with Gasteiger partial charge in [0.25, 0.3) is 0 Å². The predicted octanol–water partition coefficient (Wildman–Crippen LogP) is 2.21. The molecule has 0 bridgehead atoms. The van der Waals surface area contributed by atoms with Crippen molar-refractivity contribution in [3.05, 3.63) is 29.8 Å². The van der Waals surface area contributed by atoms with E-state index in [1.165, 1.54) is 19.8 Å². The molecule has 4 heteroatoms. The van der Waals surface area contributed by atoms with Gasteiger partial charge >= 0.3 is 0 Å². The molecule has 0 radical (unpaired) electrons. The number of benzene rings is 1. The Morgan fingerprint density at radius 3 is 2.47 bits per heavy atom. The van der Waals surface area contributed by atoms with Crippen molar-refractivity contribution in [2.45, 2.75) is 51.3 Å². The quantitative estimate of drug-likeness (QED) is 0.736. The van der Waals surface area contributed by atoms with Gasteiger partial charge in [-0.2, -0.15) is 0 Å². The summed E-state index contributed by atoms with van der Waals surface area (Å²) in [7, 11) is 0. The zero-order chi connectivity index (χ0) is 13.8. The van der Waals surface area contributed by atoms with Crippen LogP contribution in [-0.2, 0) is 4.79 Å². The zero-order valence-electron chi connectivity index (χ0n) is 11.5. The first-order valence-corrected chi connectivity index (χ1v) is 6.91. The fraction of sp³-hybridized carbons (Fsp3) is 0.533. The molecule has 1 saturated carbocycles. The summed E-state index contributed by atoms with van der Waals surface area (Å²) in [4.78, 5) is 10.9. The second kappa shape index (κ2) is 6.17. The van der Waals surface area contributed by atoms with Crippen LogP contribution in [0.5, 0.6) is 0 Å². The predicted molar refractivity (Wildman–Crippen MR) is 75.9 cm³/mol. The fourth-order valence-corrected chi connectivity index (χ4v) is 2.18. The van der Waals surface area contributed by atoms with Gasteiger partial charge in [0.1, 0.15) is 0 Å². The number of carbonyl (C=O) groups is 1. The van der Waals surface area contributed by atoms with Crippen LogP contribution in [0.2, 0.25) is 0 Å². The fourth-order valence-electron chi connectivity index (χ4n) is 2.18. The maximum Gasteiger partial charge on any atom is 0.221 e. The Morgan fingerprint density at radius 2 is 2.00 bits per heavy atom. The van der Waals surface area contributed by atoms with Crippen molar-refractivity contribution in [3.63, 3.8) is 0 Å². The van der Waals surface area contributed by atoms with Crippen molar-refractivity contribution >= 4 is 11.6 Å². The van der Waals surface area contributed by atoms with Crippen LogP contribution in [0.3, 0.4) is 0 Å². The van der Waals surface area contributed by atoms with Gasteiger partial charge in [0.2, 0.25) is 5.91 Å². The highest BCUT2D eigenvalue weighted by molar-refractivity contribution is 5.88. The second-order valence-electron chi connectivity index (χ2n) is 5.20. The lowest BCUT2D eigenvalue weighted by atomic mass is 10.00. The molecule has 1 aliphatic carbocycles. The van der Waals surface area contributed by atoms with Gasteiger partial charge in [-0.3, -0.25) is 4.79 Å². The minimum Gasteiger partial charge on any atom is -0.387 e. The topological polar surface area (TPSA) is 61.4 Å². The highest BCUT2D eigenvalue weighted by atomic mass is 16.3. The number of nitrogens with one attached hydrogen (secondary N) is 2. The van der Waals surface area contributed by atoms with Crippen LogP contribution in [0.15, 0.2) is 24.3 Å². The Balaban J connectivity index is 2.00. The smallest absolute Gasteiger partial charge is 0.221 e. The summed E-state index contributed by atoms with van der Waals surface area (Å²) in [6, 6.07) is 8.06. The zero-order valence-corrected chi connectivity index (χ0v) is 11.5. The van der Waals surface area contributed by atoms with E-state index in [0.717, 1.165) is 17.7 Å². The molecular weight excluding hydrogens is 240 g/mol. The van der Waals surface area contributed by atoms with Gasteiger partial charge in [-0.05, 0) is 37.0 Å². The molecule has 2 rings (SSSR count). The molecule has 1 aliphatic rings. The summed E-state index contributed by atoms with van der Waals surface area (Å²) in [6.45, 7) is 3.56. The molecule has 104 valence electrons. The first kappa shape index (κ1) is 14.0. The lowest BCUT2D eigenvalue weighted by molar-refractivity contribution is -0.114. The molecule has 3 N–H and O–H groups in total. The highest BCUT2D eigenvalue weighted by Gasteiger charge is 2.27. The number of aliphatic hydroxyl groups is 1. The van der Waals surface area contributed by atoms with Gasteiger partial charge in [-0.25, -0.2) is 0 Å². The minimum atomic E-state index is -0.503. The number of hydrogen-bond acceptors (Lipinski definition) is 3. The first-order chi connectivity index (χ1) is 9.10. The van der Waals surface area contributed by atoms with Crippen LogP contribution < -0.4 is 10.6 Å². The number of carbonyl (C=O) groups excluding carboxylic acids is 1. The van der Waals surface area contributed by atoms with E-state index in [0.29, 0.717) is 6.04 Å². The third kappa shape index (κ3) is 4.04. The van der Waals surface area contributed by atoms with E-state index in [9.17, 15) is 9.90 Å². The number of hydrogen-bond donors (Lipinski definition) is 3. The molecule has 0 heterocycles. The first-order valence-electron chi connectivity index (χ1n) is 6.91. The van der Waals surface area contributed by atoms with E-state index in [2.05, 4.69) is 17.6 Å². The van der Waals surface area contributed by atoms with Crippen molar-refractivity contribution in [3.8, 4) is 0 Å². The molecule has 1 aromatic carbocycles. The number of rotatable bonds is 6. The van der Waals surface area contributed by atoms with Gasteiger partial charge in [0.15, 0.2) is 0 Å². The summed E-state index contributed by atoms with van der Waals surface area (Å²) >= 11 is 0. The summed E-state index contributed by atoms with van der Waals surface area (Å²) in [5.41, 5.74) is 1.64.